The van der Waals surface area contributed by atoms with Crippen molar-refractivity contribution < 1.29 is 5.11 Å². The molecule has 1 aromatic carbocycles. The lowest BCUT2D eigenvalue weighted by molar-refractivity contribution is 0.469. The van der Waals surface area contributed by atoms with Crippen molar-refractivity contribution in [1.29, 1.82) is 0 Å². The molecule has 2 nitrogen and oxygen atoms in total. The highest BCUT2D eigenvalue weighted by Crippen LogP contribution is 2.24. The number of hydrogen-bond acceptors (Lipinski definition) is 2. The Hall–Kier alpha value is -1.18. The molecule has 0 radical (unpaired) electrons. The van der Waals surface area contributed by atoms with Gasteiger partial charge in [0.25, 0.3) is 0 Å². The Morgan fingerprint density at radius 2 is 1.79 bits per heavy atom. The fourth-order valence-electron chi connectivity index (χ4n) is 1.64. The summed E-state index contributed by atoms with van der Waals surface area (Å²) in [6.45, 7) is 8.23. The summed E-state index contributed by atoms with van der Waals surface area (Å²) in [7, 11) is 0. The minimum absolute atomic E-state index is 0.414. The number of rotatable bonds is 4. The van der Waals surface area contributed by atoms with Crippen LogP contribution in [0.25, 0.3) is 0 Å². The van der Waals surface area contributed by atoms with E-state index in [-0.39, 0.29) is 0 Å². The quantitative estimate of drug-likeness (QED) is 0.794. The van der Waals surface area contributed by atoms with Crippen LogP contribution < -0.4 is 4.90 Å². The van der Waals surface area contributed by atoms with Crippen molar-refractivity contribution in [2.24, 2.45) is 0 Å². The monoisotopic (exact) mass is 193 g/mol. The number of hydrogen-bond donors (Lipinski definition) is 1. The van der Waals surface area contributed by atoms with Gasteiger partial charge in [0.15, 0.2) is 0 Å². The maximum absolute atomic E-state index is 9.70. The lowest BCUT2D eigenvalue weighted by Crippen LogP contribution is -2.21. The molecule has 0 saturated carbocycles. The van der Waals surface area contributed by atoms with Crippen LogP contribution in [0.1, 0.15) is 26.3 Å². The van der Waals surface area contributed by atoms with Crippen molar-refractivity contribution >= 4 is 5.69 Å². The van der Waals surface area contributed by atoms with E-state index in [9.17, 15) is 5.11 Å². The van der Waals surface area contributed by atoms with Crippen LogP contribution in [-0.4, -0.2) is 18.2 Å². The lowest BCUT2D eigenvalue weighted by Gasteiger charge is -2.21. The normalized spacial score (nSPS) is 10.2. The molecule has 0 bridgehead atoms. The number of aromatic hydroxyl groups is 1. The molecule has 0 aliphatic carbocycles. The predicted molar refractivity (Wildman–Crippen MR) is 61.0 cm³/mol. The molecule has 1 rings (SSSR count). The Morgan fingerprint density at radius 3 is 2.21 bits per heavy atom. The Kier molecular flexibility index (Phi) is 3.81. The Balaban J connectivity index is 2.95. The Bertz CT molecular complexity index is 292. The van der Waals surface area contributed by atoms with Crippen molar-refractivity contribution in [3.63, 3.8) is 0 Å². The zero-order chi connectivity index (χ0) is 10.6. The van der Waals surface area contributed by atoms with E-state index in [0.717, 1.165) is 30.8 Å². The predicted octanol–water partition coefficient (Wildman–Crippen LogP) is 2.80. The molecule has 0 unspecified atom stereocenters. The van der Waals surface area contributed by atoms with E-state index in [1.807, 2.05) is 19.1 Å². The van der Waals surface area contributed by atoms with Gasteiger partial charge in [-0.05, 0) is 31.9 Å². The number of aryl methyl sites for hydroxylation is 1. The van der Waals surface area contributed by atoms with Crippen molar-refractivity contribution in [3.05, 3.63) is 23.8 Å². The number of nitrogens with zero attached hydrogens (tertiary/aromatic N) is 1. The molecule has 0 fully saturated rings. The second-order valence-corrected chi connectivity index (χ2v) is 3.34. The highest BCUT2D eigenvalue weighted by atomic mass is 16.3. The number of benzene rings is 1. The lowest BCUT2D eigenvalue weighted by atomic mass is 10.1. The zero-order valence-corrected chi connectivity index (χ0v) is 9.25. The second-order valence-electron chi connectivity index (χ2n) is 3.34. The average molecular weight is 193 g/mol. The maximum atomic E-state index is 9.70. The van der Waals surface area contributed by atoms with Gasteiger partial charge in [-0.2, -0.15) is 0 Å². The van der Waals surface area contributed by atoms with E-state index in [1.54, 1.807) is 0 Å². The van der Waals surface area contributed by atoms with Crippen LogP contribution >= 0.6 is 0 Å². The fraction of sp³-hybridized carbons (Fsp3) is 0.500. The van der Waals surface area contributed by atoms with E-state index in [0.29, 0.717) is 5.75 Å². The number of phenolic OH excluding ortho intramolecular Hbond substituents is 1. The van der Waals surface area contributed by atoms with Gasteiger partial charge in [0, 0.05) is 24.8 Å². The Labute approximate surface area is 86.2 Å². The molecule has 14 heavy (non-hydrogen) atoms. The minimum atomic E-state index is 0.414. The molecule has 0 aromatic heterocycles. The summed E-state index contributed by atoms with van der Waals surface area (Å²) in [5.74, 6) is 0.414. The van der Waals surface area contributed by atoms with Crippen molar-refractivity contribution in [3.8, 4) is 5.75 Å². The van der Waals surface area contributed by atoms with Crippen LogP contribution in [0.4, 0.5) is 5.69 Å². The largest absolute Gasteiger partial charge is 0.508 e. The maximum Gasteiger partial charge on any atom is 0.120 e. The van der Waals surface area contributed by atoms with Crippen LogP contribution in [0.2, 0.25) is 0 Å². The topological polar surface area (TPSA) is 23.5 Å². The van der Waals surface area contributed by atoms with Gasteiger partial charge in [-0.1, -0.05) is 13.0 Å². The van der Waals surface area contributed by atoms with Gasteiger partial charge in [0.2, 0.25) is 0 Å². The van der Waals surface area contributed by atoms with E-state index in [4.69, 9.17) is 0 Å². The third kappa shape index (κ3) is 2.19. The molecule has 0 amide bonds. The second kappa shape index (κ2) is 4.89. The summed E-state index contributed by atoms with van der Waals surface area (Å²) in [5.41, 5.74) is 2.12. The van der Waals surface area contributed by atoms with E-state index in [1.165, 1.54) is 0 Å². The molecule has 2 heteroatoms. The first-order chi connectivity index (χ1) is 6.72. The van der Waals surface area contributed by atoms with Crippen molar-refractivity contribution in [2.75, 3.05) is 18.0 Å². The molecule has 0 atom stereocenters. The van der Waals surface area contributed by atoms with Crippen LogP contribution in [0, 0.1) is 0 Å². The summed E-state index contributed by atoms with van der Waals surface area (Å²) < 4.78 is 0. The molecule has 0 saturated heterocycles. The first kappa shape index (κ1) is 10.9. The molecule has 1 N–H and O–H groups in total. The van der Waals surface area contributed by atoms with Crippen molar-refractivity contribution in [2.45, 2.75) is 27.2 Å². The standard InChI is InChI=1S/C12H19NO/c1-4-10-7-8-11(9-12(10)14)13(5-2)6-3/h7-9,14H,4-6H2,1-3H3. The van der Waals surface area contributed by atoms with Gasteiger partial charge in [0.05, 0.1) is 0 Å². The van der Waals surface area contributed by atoms with Crippen molar-refractivity contribution in [1.82, 2.24) is 0 Å². The summed E-state index contributed by atoms with van der Waals surface area (Å²) in [4.78, 5) is 2.22. The molecular weight excluding hydrogens is 174 g/mol. The molecule has 0 aliphatic heterocycles. The zero-order valence-electron chi connectivity index (χ0n) is 9.25. The minimum Gasteiger partial charge on any atom is -0.508 e. The van der Waals surface area contributed by atoms with Crippen LogP contribution in [-0.2, 0) is 6.42 Å². The molecule has 0 spiro atoms. The van der Waals surface area contributed by atoms with Crippen LogP contribution in [0.15, 0.2) is 18.2 Å². The highest BCUT2D eigenvalue weighted by Gasteiger charge is 2.04. The van der Waals surface area contributed by atoms with E-state index >= 15 is 0 Å². The fourth-order valence-corrected chi connectivity index (χ4v) is 1.64. The summed E-state index contributed by atoms with van der Waals surface area (Å²) in [5, 5.41) is 9.70. The molecule has 0 aliphatic rings. The SMILES string of the molecule is CCc1ccc(N(CC)CC)cc1O. The molecule has 78 valence electrons. The first-order valence-electron chi connectivity index (χ1n) is 5.29. The summed E-state index contributed by atoms with van der Waals surface area (Å²) in [6.07, 6.45) is 0.879. The van der Waals surface area contributed by atoms with Crippen LogP contribution in [0.3, 0.4) is 0 Å². The third-order valence-electron chi connectivity index (χ3n) is 2.58. The number of anilines is 1. The van der Waals surface area contributed by atoms with Gasteiger partial charge >= 0.3 is 0 Å². The van der Waals surface area contributed by atoms with Gasteiger partial charge in [-0.25, -0.2) is 0 Å². The van der Waals surface area contributed by atoms with E-state index < -0.39 is 0 Å². The molecular formula is C12H19NO. The average Bonchev–Trinajstić information content (AvgIpc) is 2.20. The first-order valence-corrected chi connectivity index (χ1v) is 5.29. The smallest absolute Gasteiger partial charge is 0.120 e. The van der Waals surface area contributed by atoms with Gasteiger partial charge < -0.3 is 10.0 Å². The molecule has 1 aromatic rings. The van der Waals surface area contributed by atoms with Gasteiger partial charge in [-0.3, -0.25) is 0 Å². The highest BCUT2D eigenvalue weighted by molar-refractivity contribution is 5.53. The summed E-state index contributed by atoms with van der Waals surface area (Å²) in [6, 6.07) is 5.93. The summed E-state index contributed by atoms with van der Waals surface area (Å²) >= 11 is 0. The number of phenols is 1. The van der Waals surface area contributed by atoms with Gasteiger partial charge in [-0.15, -0.1) is 0 Å². The van der Waals surface area contributed by atoms with Gasteiger partial charge in [0.1, 0.15) is 5.75 Å². The third-order valence-corrected chi connectivity index (χ3v) is 2.58. The Morgan fingerprint density at radius 1 is 1.14 bits per heavy atom. The van der Waals surface area contributed by atoms with Crippen LogP contribution in [0.5, 0.6) is 5.75 Å². The van der Waals surface area contributed by atoms with E-state index in [2.05, 4.69) is 24.8 Å². The molecule has 0 heterocycles.